The van der Waals surface area contributed by atoms with Crippen LogP contribution in [0.25, 0.3) is 11.0 Å². The highest BCUT2D eigenvalue weighted by Gasteiger charge is 2.12. The number of rotatable bonds is 8. The summed E-state index contributed by atoms with van der Waals surface area (Å²) in [6.45, 7) is 0. The molecular weight excluding hydrogens is 464 g/mol. The average molecular weight is 487 g/mol. The Morgan fingerprint density at radius 1 is 1.09 bits per heavy atom. The lowest BCUT2D eigenvalue weighted by Crippen LogP contribution is -2.15. The molecule has 2 aromatic carbocycles. The summed E-state index contributed by atoms with van der Waals surface area (Å²) in [7, 11) is 2.19. The van der Waals surface area contributed by atoms with Gasteiger partial charge in [-0.15, -0.1) is 4.24 Å². The van der Waals surface area contributed by atoms with Gasteiger partial charge in [0.2, 0.25) is 21.9 Å². The van der Waals surface area contributed by atoms with Crippen molar-refractivity contribution in [1.29, 1.82) is 0 Å². The Hall–Kier alpha value is -3.41. The van der Waals surface area contributed by atoms with E-state index >= 15 is 0 Å². The smallest absolute Gasteiger partial charge is 0.229 e. The number of aryl methyl sites for hydroxylation is 1. The van der Waals surface area contributed by atoms with Crippen LogP contribution in [0, 0.1) is 0 Å². The molecule has 0 aliphatic heterocycles. The second-order valence-corrected chi connectivity index (χ2v) is 9.51. The van der Waals surface area contributed by atoms with Crippen molar-refractivity contribution in [2.45, 2.75) is 5.75 Å². The van der Waals surface area contributed by atoms with Gasteiger partial charge in [0.15, 0.2) is 0 Å². The molecule has 0 bridgehead atoms. The number of nitrogens with one attached hydrogen (secondary N) is 3. The molecule has 0 spiro atoms. The number of imidazole rings is 1. The summed E-state index contributed by atoms with van der Waals surface area (Å²) >= 11 is 5.23. The molecule has 2 heterocycles. The molecule has 0 aliphatic carbocycles. The Bertz CT molecular complexity index is 1390. The third kappa shape index (κ3) is 5.00. The maximum atomic E-state index is 11.6. The van der Waals surface area contributed by atoms with Crippen molar-refractivity contribution < 1.29 is 8.42 Å². The summed E-state index contributed by atoms with van der Waals surface area (Å²) < 4.78 is 26.9. The van der Waals surface area contributed by atoms with E-state index in [0.717, 1.165) is 28.4 Å². The molecule has 0 radical (unpaired) electrons. The van der Waals surface area contributed by atoms with Gasteiger partial charge >= 0.3 is 0 Å². The molecule has 0 fully saturated rings. The van der Waals surface area contributed by atoms with E-state index in [-0.39, 0.29) is 5.75 Å². The molecule has 0 unspecified atom stereocenters. The first-order valence-corrected chi connectivity index (χ1v) is 12.0. The summed E-state index contributed by atoms with van der Waals surface area (Å²) in [4.78, 5) is 15.4. The normalized spacial score (nSPS) is 11.5. The third-order valence-electron chi connectivity index (χ3n) is 5.14. The Morgan fingerprint density at radius 3 is 2.55 bits per heavy atom. The van der Waals surface area contributed by atoms with Gasteiger partial charge in [0.05, 0.1) is 16.8 Å². The largest absolute Gasteiger partial charge is 0.359 e. The SMILES string of the molecule is CNc1nc2cc(N(C)c3ccnc(Nc4ccc(CS(=O)(=O)NCl)cc4)n3)ccc2n1C. The van der Waals surface area contributed by atoms with Gasteiger partial charge in [-0.1, -0.05) is 12.1 Å². The highest BCUT2D eigenvalue weighted by atomic mass is 35.5. The lowest BCUT2D eigenvalue weighted by molar-refractivity contribution is 0.593. The van der Waals surface area contributed by atoms with Crippen LogP contribution in [0.5, 0.6) is 0 Å². The number of benzene rings is 2. The summed E-state index contributed by atoms with van der Waals surface area (Å²) in [6, 6.07) is 14.8. The first-order chi connectivity index (χ1) is 15.8. The van der Waals surface area contributed by atoms with Gasteiger partial charge in [0, 0.05) is 38.7 Å². The molecule has 4 aromatic rings. The maximum absolute atomic E-state index is 11.6. The quantitative estimate of drug-likeness (QED) is 0.324. The first kappa shape index (κ1) is 22.8. The van der Waals surface area contributed by atoms with Crippen molar-refractivity contribution >= 4 is 61.9 Å². The maximum Gasteiger partial charge on any atom is 0.229 e. The van der Waals surface area contributed by atoms with Crippen LogP contribution in [-0.4, -0.2) is 42.0 Å². The second kappa shape index (κ2) is 9.22. The van der Waals surface area contributed by atoms with Crippen molar-refractivity contribution in [3.63, 3.8) is 0 Å². The van der Waals surface area contributed by atoms with E-state index in [1.165, 1.54) is 0 Å². The van der Waals surface area contributed by atoms with Crippen LogP contribution in [0.1, 0.15) is 5.56 Å². The zero-order chi connectivity index (χ0) is 23.6. The summed E-state index contributed by atoms with van der Waals surface area (Å²) in [5, 5.41) is 6.22. The molecule has 3 N–H and O–H groups in total. The predicted molar refractivity (Wildman–Crippen MR) is 132 cm³/mol. The number of aromatic nitrogens is 4. The van der Waals surface area contributed by atoms with E-state index in [2.05, 4.69) is 25.6 Å². The number of hydrogen-bond donors (Lipinski definition) is 3. The molecule has 33 heavy (non-hydrogen) atoms. The molecule has 172 valence electrons. The van der Waals surface area contributed by atoms with Crippen molar-refractivity contribution in [2.24, 2.45) is 7.05 Å². The standard InChI is InChI=1S/C21H23ClN8O2S/c1-23-21-26-17-12-16(8-9-18(17)30(21)3)29(2)19-10-11-24-20(27-19)25-15-6-4-14(5-7-15)13-33(31,32)28-22/h4-12,28H,13H2,1-3H3,(H,23,26)(H,24,25,27). The first-order valence-electron chi connectivity index (χ1n) is 9.97. The fourth-order valence-electron chi connectivity index (χ4n) is 3.41. The lowest BCUT2D eigenvalue weighted by Gasteiger charge is -2.19. The number of halogens is 1. The van der Waals surface area contributed by atoms with Crippen molar-refractivity contribution in [1.82, 2.24) is 23.8 Å². The zero-order valence-electron chi connectivity index (χ0n) is 18.2. The fourth-order valence-corrected chi connectivity index (χ4v) is 4.26. The molecule has 4 rings (SSSR count). The van der Waals surface area contributed by atoms with Gasteiger partial charge in [-0.25, -0.2) is 18.4 Å². The van der Waals surface area contributed by atoms with E-state index in [1.807, 2.05) is 54.9 Å². The monoisotopic (exact) mass is 486 g/mol. The van der Waals surface area contributed by atoms with Crippen molar-refractivity contribution in [3.8, 4) is 0 Å². The number of nitrogens with zero attached hydrogens (tertiary/aromatic N) is 5. The summed E-state index contributed by atoms with van der Waals surface area (Å²) in [6.07, 6.45) is 1.67. The number of hydrogen-bond acceptors (Lipinski definition) is 8. The van der Waals surface area contributed by atoms with Gasteiger partial charge in [-0.3, -0.25) is 0 Å². The van der Waals surface area contributed by atoms with E-state index in [1.54, 1.807) is 34.7 Å². The molecule has 0 amide bonds. The Kier molecular flexibility index (Phi) is 6.36. The Balaban J connectivity index is 1.52. The van der Waals surface area contributed by atoms with Crippen LogP contribution in [0.15, 0.2) is 54.7 Å². The van der Waals surface area contributed by atoms with E-state index in [4.69, 9.17) is 11.8 Å². The zero-order valence-corrected chi connectivity index (χ0v) is 19.8. The van der Waals surface area contributed by atoms with Crippen LogP contribution in [0.4, 0.5) is 29.1 Å². The van der Waals surface area contributed by atoms with E-state index in [0.29, 0.717) is 17.3 Å². The average Bonchev–Trinajstić information content (AvgIpc) is 3.15. The van der Waals surface area contributed by atoms with Crippen LogP contribution < -0.4 is 19.8 Å². The molecule has 0 aliphatic rings. The van der Waals surface area contributed by atoms with Gasteiger partial charge in [-0.2, -0.15) is 4.98 Å². The molecule has 0 atom stereocenters. The van der Waals surface area contributed by atoms with Crippen molar-refractivity contribution in [3.05, 3.63) is 60.3 Å². The Morgan fingerprint density at radius 2 is 1.85 bits per heavy atom. The minimum Gasteiger partial charge on any atom is -0.359 e. The molecule has 10 nitrogen and oxygen atoms in total. The van der Waals surface area contributed by atoms with Crippen LogP contribution in [0.2, 0.25) is 0 Å². The highest BCUT2D eigenvalue weighted by molar-refractivity contribution is 7.89. The minimum atomic E-state index is -3.55. The summed E-state index contributed by atoms with van der Waals surface area (Å²) in [5.74, 6) is 1.70. The van der Waals surface area contributed by atoms with Gasteiger partial charge in [-0.05, 0) is 53.7 Å². The number of sulfonamides is 1. The van der Waals surface area contributed by atoms with Crippen LogP contribution in [0.3, 0.4) is 0 Å². The van der Waals surface area contributed by atoms with Crippen LogP contribution in [-0.2, 0) is 22.8 Å². The topological polar surface area (TPSA) is 117 Å². The molecule has 12 heteroatoms. The van der Waals surface area contributed by atoms with Crippen LogP contribution >= 0.6 is 11.8 Å². The summed E-state index contributed by atoms with van der Waals surface area (Å²) in [5.41, 5.74) is 4.18. The molecule has 0 saturated carbocycles. The number of fused-ring (bicyclic) bond motifs is 1. The fraction of sp³-hybridized carbons (Fsp3) is 0.190. The van der Waals surface area contributed by atoms with Crippen molar-refractivity contribution in [2.75, 3.05) is 29.6 Å². The third-order valence-corrected chi connectivity index (χ3v) is 6.80. The molecular formula is C21H23ClN8O2S. The Labute approximate surface area is 196 Å². The van der Waals surface area contributed by atoms with Gasteiger partial charge in [0.25, 0.3) is 0 Å². The predicted octanol–water partition coefficient (Wildman–Crippen LogP) is 3.49. The second-order valence-electron chi connectivity index (χ2n) is 7.37. The highest BCUT2D eigenvalue weighted by Crippen LogP contribution is 2.27. The lowest BCUT2D eigenvalue weighted by atomic mass is 10.2. The van der Waals surface area contributed by atoms with Gasteiger partial charge in [0.1, 0.15) is 5.82 Å². The van der Waals surface area contributed by atoms with E-state index in [9.17, 15) is 8.42 Å². The van der Waals surface area contributed by atoms with Gasteiger partial charge < -0.3 is 20.1 Å². The molecule has 2 aromatic heterocycles. The minimum absolute atomic E-state index is 0.204. The number of anilines is 5. The van der Waals surface area contributed by atoms with E-state index < -0.39 is 10.0 Å². The molecule has 0 saturated heterocycles.